The van der Waals surface area contributed by atoms with Crippen LogP contribution in [0.2, 0.25) is 0 Å². The largest absolute Gasteiger partial charge is 0.491 e. The molecule has 6 heteroatoms. The molecule has 1 aromatic rings. The van der Waals surface area contributed by atoms with Crippen molar-refractivity contribution in [3.05, 3.63) is 30.1 Å². The minimum absolute atomic E-state index is 0.0265. The Labute approximate surface area is 123 Å². The first-order valence-electron chi connectivity index (χ1n) is 7.24. The number of carbonyl (C=O) groups excluding carboxylic acids is 1. The van der Waals surface area contributed by atoms with Crippen molar-refractivity contribution in [2.45, 2.75) is 18.9 Å². The van der Waals surface area contributed by atoms with Gasteiger partial charge in [0, 0.05) is 18.8 Å². The van der Waals surface area contributed by atoms with Crippen LogP contribution >= 0.6 is 0 Å². The highest BCUT2D eigenvalue weighted by atomic mass is 19.1. The van der Waals surface area contributed by atoms with Crippen LogP contribution in [-0.2, 0) is 4.79 Å². The van der Waals surface area contributed by atoms with Gasteiger partial charge < -0.3 is 20.5 Å². The van der Waals surface area contributed by atoms with Gasteiger partial charge in [0.2, 0.25) is 5.91 Å². The molecule has 5 nitrogen and oxygen atoms in total. The number of primary amides is 1. The fraction of sp³-hybridized carbons (Fsp3) is 0.533. The number of carbonyl (C=O) groups is 1. The molecule has 116 valence electrons. The van der Waals surface area contributed by atoms with Crippen LogP contribution in [0.25, 0.3) is 0 Å². The van der Waals surface area contributed by atoms with Gasteiger partial charge in [0.05, 0.1) is 13.1 Å². The summed E-state index contributed by atoms with van der Waals surface area (Å²) in [5, 5.41) is 9.98. The van der Waals surface area contributed by atoms with E-state index in [2.05, 4.69) is 0 Å². The smallest absolute Gasteiger partial charge is 0.220 e. The van der Waals surface area contributed by atoms with Crippen molar-refractivity contribution < 1.29 is 23.9 Å². The van der Waals surface area contributed by atoms with Gasteiger partial charge >= 0.3 is 0 Å². The number of nitrogens with two attached hydrogens (primary N) is 1. The molecule has 2 rings (SSSR count). The van der Waals surface area contributed by atoms with E-state index in [0.29, 0.717) is 12.3 Å². The minimum Gasteiger partial charge on any atom is -0.491 e. The lowest BCUT2D eigenvalue weighted by Crippen LogP contribution is -3.14. The molecule has 1 aliphatic heterocycles. The molecule has 0 saturated carbocycles. The lowest BCUT2D eigenvalue weighted by atomic mass is 9.96. The summed E-state index contributed by atoms with van der Waals surface area (Å²) in [6, 6.07) is 5.71. The van der Waals surface area contributed by atoms with Crippen molar-refractivity contribution >= 4 is 5.91 Å². The molecule has 1 atom stereocenters. The molecule has 1 aromatic carbocycles. The Bertz CT molecular complexity index is 458. The standard InChI is InChI=1S/C15H21FN2O3/c16-12-1-3-14(4-2-12)21-10-13(19)9-18-7-5-11(6-8-18)15(17)20/h1-4,11,13,19H,5-10H2,(H2,17,20)/p+1/t13-/m0/s1. The van der Waals surface area contributed by atoms with Crippen LogP contribution in [0.5, 0.6) is 5.75 Å². The highest BCUT2D eigenvalue weighted by Gasteiger charge is 2.27. The molecule has 4 N–H and O–H groups in total. The predicted octanol–water partition coefficient (Wildman–Crippen LogP) is -0.654. The van der Waals surface area contributed by atoms with E-state index < -0.39 is 6.10 Å². The summed E-state index contributed by atoms with van der Waals surface area (Å²) in [5.74, 6) is -0.0295. The Hall–Kier alpha value is -1.66. The zero-order valence-electron chi connectivity index (χ0n) is 11.9. The molecule has 0 spiro atoms. The molecule has 1 saturated heterocycles. The summed E-state index contributed by atoms with van der Waals surface area (Å²) in [5.41, 5.74) is 5.29. The van der Waals surface area contributed by atoms with Gasteiger partial charge in [0.25, 0.3) is 0 Å². The molecule has 0 aliphatic carbocycles. The third kappa shape index (κ3) is 4.99. The first kappa shape index (κ1) is 15.7. The predicted molar refractivity (Wildman–Crippen MR) is 75.4 cm³/mol. The fourth-order valence-electron chi connectivity index (χ4n) is 2.63. The second-order valence-electron chi connectivity index (χ2n) is 5.55. The van der Waals surface area contributed by atoms with Gasteiger partial charge in [0.15, 0.2) is 0 Å². The number of benzene rings is 1. The molecule has 1 amide bonds. The van der Waals surface area contributed by atoms with E-state index in [1.54, 1.807) is 0 Å². The number of aliphatic hydroxyl groups is 1. The SMILES string of the molecule is NC(=O)C1CC[NH+](C[C@H](O)COc2ccc(F)cc2)CC1. The van der Waals surface area contributed by atoms with Crippen LogP contribution in [0.4, 0.5) is 4.39 Å². The molecule has 1 heterocycles. The van der Waals surface area contributed by atoms with Crippen molar-refractivity contribution in [3.8, 4) is 5.75 Å². The maximum absolute atomic E-state index is 12.7. The Kier molecular flexibility index (Phi) is 5.52. The van der Waals surface area contributed by atoms with Crippen molar-refractivity contribution in [3.63, 3.8) is 0 Å². The van der Waals surface area contributed by atoms with Crippen LogP contribution < -0.4 is 15.4 Å². The maximum Gasteiger partial charge on any atom is 0.220 e. The molecule has 0 aromatic heterocycles. The summed E-state index contributed by atoms with van der Waals surface area (Å²) >= 11 is 0. The topological polar surface area (TPSA) is 77.0 Å². The van der Waals surface area contributed by atoms with E-state index in [0.717, 1.165) is 25.9 Å². The van der Waals surface area contributed by atoms with Crippen molar-refractivity contribution in [2.75, 3.05) is 26.2 Å². The van der Waals surface area contributed by atoms with E-state index in [1.165, 1.54) is 29.2 Å². The van der Waals surface area contributed by atoms with E-state index in [4.69, 9.17) is 10.5 Å². The molecule has 0 bridgehead atoms. The van der Waals surface area contributed by atoms with Gasteiger partial charge in [-0.15, -0.1) is 0 Å². The minimum atomic E-state index is -0.588. The quantitative estimate of drug-likeness (QED) is 0.653. The molecule has 1 fully saturated rings. The second kappa shape index (κ2) is 7.38. The van der Waals surface area contributed by atoms with Crippen molar-refractivity contribution in [2.24, 2.45) is 11.7 Å². The monoisotopic (exact) mass is 297 g/mol. The van der Waals surface area contributed by atoms with E-state index >= 15 is 0 Å². The average molecular weight is 297 g/mol. The van der Waals surface area contributed by atoms with E-state index in [-0.39, 0.29) is 24.2 Å². The van der Waals surface area contributed by atoms with Crippen molar-refractivity contribution in [1.29, 1.82) is 0 Å². The molecule has 0 unspecified atom stereocenters. The lowest BCUT2D eigenvalue weighted by molar-refractivity contribution is -0.908. The maximum atomic E-state index is 12.7. The van der Waals surface area contributed by atoms with Crippen LogP contribution in [-0.4, -0.2) is 43.4 Å². The molecule has 1 aliphatic rings. The first-order valence-corrected chi connectivity index (χ1v) is 7.24. The van der Waals surface area contributed by atoms with Gasteiger partial charge in [-0.25, -0.2) is 4.39 Å². The number of nitrogens with one attached hydrogen (secondary N) is 1. The number of piperidine rings is 1. The number of halogens is 1. The highest BCUT2D eigenvalue weighted by molar-refractivity contribution is 5.76. The summed E-state index contributed by atoms with van der Waals surface area (Å²) < 4.78 is 18.2. The Morgan fingerprint density at radius 2 is 2.00 bits per heavy atom. The molecule has 21 heavy (non-hydrogen) atoms. The molecule has 0 radical (unpaired) electrons. The van der Waals surface area contributed by atoms with Gasteiger partial charge in [-0.1, -0.05) is 0 Å². The van der Waals surface area contributed by atoms with Crippen LogP contribution in [0.3, 0.4) is 0 Å². The number of ether oxygens (including phenoxy) is 1. The zero-order valence-corrected chi connectivity index (χ0v) is 11.9. The third-order valence-corrected chi connectivity index (χ3v) is 3.88. The van der Waals surface area contributed by atoms with Crippen LogP contribution in [0, 0.1) is 11.7 Å². The summed E-state index contributed by atoms with van der Waals surface area (Å²) in [4.78, 5) is 12.3. The highest BCUT2D eigenvalue weighted by Crippen LogP contribution is 2.11. The average Bonchev–Trinajstić information content (AvgIpc) is 2.47. The number of hydrogen-bond acceptors (Lipinski definition) is 3. The first-order chi connectivity index (χ1) is 10.0. The molecular weight excluding hydrogens is 275 g/mol. The van der Waals surface area contributed by atoms with Gasteiger partial charge in [-0.2, -0.15) is 0 Å². The van der Waals surface area contributed by atoms with E-state index in [1.807, 2.05) is 0 Å². The summed E-state index contributed by atoms with van der Waals surface area (Å²) in [6.45, 7) is 2.42. The second-order valence-corrected chi connectivity index (χ2v) is 5.55. The van der Waals surface area contributed by atoms with Crippen LogP contribution in [0.1, 0.15) is 12.8 Å². The van der Waals surface area contributed by atoms with E-state index in [9.17, 15) is 14.3 Å². The zero-order chi connectivity index (χ0) is 15.2. The summed E-state index contributed by atoms with van der Waals surface area (Å²) in [7, 11) is 0. The summed E-state index contributed by atoms with van der Waals surface area (Å²) in [6.07, 6.45) is 0.960. The Balaban J connectivity index is 1.69. The number of rotatable bonds is 6. The number of aliphatic hydroxyl groups excluding tert-OH is 1. The number of amides is 1. The Morgan fingerprint density at radius 3 is 2.57 bits per heavy atom. The molecular formula is C15H22FN2O3+. The van der Waals surface area contributed by atoms with Gasteiger partial charge in [-0.05, 0) is 24.3 Å². The fourth-order valence-corrected chi connectivity index (χ4v) is 2.63. The number of likely N-dealkylation sites (tertiary alicyclic amines) is 1. The number of hydrogen-bond donors (Lipinski definition) is 3. The Morgan fingerprint density at radius 1 is 1.38 bits per heavy atom. The van der Waals surface area contributed by atoms with Crippen LogP contribution in [0.15, 0.2) is 24.3 Å². The van der Waals surface area contributed by atoms with Gasteiger partial charge in [0.1, 0.15) is 30.8 Å². The number of quaternary nitrogens is 1. The third-order valence-electron chi connectivity index (χ3n) is 3.88. The van der Waals surface area contributed by atoms with Crippen molar-refractivity contribution in [1.82, 2.24) is 0 Å². The van der Waals surface area contributed by atoms with Gasteiger partial charge in [-0.3, -0.25) is 4.79 Å². The lowest BCUT2D eigenvalue weighted by Gasteiger charge is -2.29. The normalized spacial score (nSPS) is 23.5.